The lowest BCUT2D eigenvalue weighted by atomic mass is 10.0. The van der Waals surface area contributed by atoms with Gasteiger partial charge in [-0.1, -0.05) is 37.3 Å². The van der Waals surface area contributed by atoms with Gasteiger partial charge in [-0.25, -0.2) is 9.78 Å². The molecular weight excluding hydrogens is 489 g/mol. The average molecular weight is 512 g/mol. The van der Waals surface area contributed by atoms with Crippen molar-refractivity contribution < 1.29 is 32.9 Å². The van der Waals surface area contributed by atoms with E-state index >= 15 is 0 Å². The number of nitrogens with one attached hydrogen (secondary N) is 1. The van der Waals surface area contributed by atoms with Crippen molar-refractivity contribution in [2.24, 2.45) is 0 Å². The number of aromatic nitrogens is 3. The Hall–Kier alpha value is -4.38. The number of anilines is 2. The average Bonchev–Trinajstić information content (AvgIpc) is 3.22. The first-order valence-electron chi connectivity index (χ1n) is 11.3. The zero-order chi connectivity index (χ0) is 26.7. The van der Waals surface area contributed by atoms with Crippen LogP contribution in [0.3, 0.4) is 0 Å². The topological polar surface area (TPSA) is 110 Å². The second-order valence-corrected chi connectivity index (χ2v) is 8.12. The lowest BCUT2D eigenvalue weighted by Gasteiger charge is -2.16. The molecule has 2 aromatic heterocycles. The van der Waals surface area contributed by atoms with E-state index in [0.29, 0.717) is 34.9 Å². The molecule has 0 fully saturated rings. The van der Waals surface area contributed by atoms with Gasteiger partial charge >= 0.3 is 12.3 Å². The Morgan fingerprint density at radius 2 is 1.86 bits per heavy atom. The first kappa shape index (κ1) is 25.7. The van der Waals surface area contributed by atoms with Crippen LogP contribution in [0.1, 0.15) is 34.1 Å². The molecule has 0 aliphatic rings. The van der Waals surface area contributed by atoms with Gasteiger partial charge in [-0.15, -0.1) is 13.2 Å². The van der Waals surface area contributed by atoms with E-state index in [0.717, 1.165) is 23.3 Å². The number of rotatable bonds is 8. The summed E-state index contributed by atoms with van der Waals surface area (Å²) >= 11 is 0. The van der Waals surface area contributed by atoms with Crippen LogP contribution >= 0.6 is 0 Å². The summed E-state index contributed by atoms with van der Waals surface area (Å²) in [5.41, 5.74) is 3.19. The fourth-order valence-corrected chi connectivity index (χ4v) is 3.89. The van der Waals surface area contributed by atoms with Crippen molar-refractivity contribution in [3.05, 3.63) is 83.2 Å². The summed E-state index contributed by atoms with van der Waals surface area (Å²) < 4.78 is 43.6. The van der Waals surface area contributed by atoms with Crippen LogP contribution in [0.25, 0.3) is 16.9 Å². The molecule has 0 spiro atoms. The van der Waals surface area contributed by atoms with Gasteiger partial charge in [-0.05, 0) is 54.3 Å². The third kappa shape index (κ3) is 5.56. The Labute approximate surface area is 210 Å². The first-order valence-corrected chi connectivity index (χ1v) is 11.3. The summed E-state index contributed by atoms with van der Waals surface area (Å²) in [5, 5.41) is 27.0. The van der Waals surface area contributed by atoms with E-state index < -0.39 is 23.6 Å². The highest BCUT2D eigenvalue weighted by Crippen LogP contribution is 2.38. The number of aryl methyl sites for hydroxylation is 2. The number of ether oxygens (including phenoxy) is 1. The van der Waals surface area contributed by atoms with E-state index in [2.05, 4.69) is 15.0 Å². The third-order valence-electron chi connectivity index (χ3n) is 5.61. The maximum absolute atomic E-state index is 12.7. The molecule has 0 radical (unpaired) electrons. The summed E-state index contributed by atoms with van der Waals surface area (Å²) in [6.45, 7) is 3.63. The van der Waals surface area contributed by atoms with Crippen LogP contribution in [0.4, 0.5) is 24.7 Å². The Morgan fingerprint density at radius 1 is 1.14 bits per heavy atom. The summed E-state index contributed by atoms with van der Waals surface area (Å²) in [7, 11) is 0. The Kier molecular flexibility index (Phi) is 7.16. The summed E-state index contributed by atoms with van der Waals surface area (Å²) in [4.78, 5) is 16.4. The highest BCUT2D eigenvalue weighted by molar-refractivity contribution is 5.96. The predicted molar refractivity (Wildman–Crippen MR) is 130 cm³/mol. The minimum absolute atomic E-state index is 0.0349. The molecule has 11 heteroatoms. The standard InChI is InChI=1S/C26H23F3N4O4/c1-3-20-22(17-8-6-16(14-34)7-9-17)24(33(32-20)23-15(2)5-4-12-30-23)31-21-11-10-18(37-26(27,28)29)13-19(21)25(35)36/h4-13,31,34H,3,14H2,1-2H3,(H,35,36). The monoisotopic (exact) mass is 512 g/mol. The van der Waals surface area contributed by atoms with Crippen molar-refractivity contribution in [2.45, 2.75) is 33.2 Å². The van der Waals surface area contributed by atoms with Gasteiger partial charge in [0.15, 0.2) is 5.82 Å². The zero-order valence-electron chi connectivity index (χ0n) is 19.9. The SMILES string of the molecule is CCc1nn(-c2ncccc2C)c(Nc2ccc(OC(F)(F)F)cc2C(=O)O)c1-c1ccc(CO)cc1. The van der Waals surface area contributed by atoms with Crippen molar-refractivity contribution in [1.29, 1.82) is 0 Å². The van der Waals surface area contributed by atoms with Gasteiger partial charge in [0.25, 0.3) is 0 Å². The molecule has 0 saturated heterocycles. The van der Waals surface area contributed by atoms with Gasteiger partial charge in [0, 0.05) is 11.8 Å². The van der Waals surface area contributed by atoms with E-state index in [4.69, 9.17) is 5.10 Å². The van der Waals surface area contributed by atoms with E-state index in [1.165, 1.54) is 6.07 Å². The molecule has 3 N–H and O–H groups in total. The number of carbonyl (C=O) groups is 1. The maximum Gasteiger partial charge on any atom is 0.573 e. The Balaban J connectivity index is 1.92. The molecule has 0 aliphatic carbocycles. The van der Waals surface area contributed by atoms with Crippen LogP contribution in [-0.2, 0) is 13.0 Å². The van der Waals surface area contributed by atoms with E-state index in [-0.39, 0.29) is 12.3 Å². The summed E-state index contributed by atoms with van der Waals surface area (Å²) in [5.74, 6) is -1.23. The quantitative estimate of drug-likeness (QED) is 0.280. The highest BCUT2D eigenvalue weighted by atomic mass is 19.4. The van der Waals surface area contributed by atoms with Gasteiger partial charge < -0.3 is 20.3 Å². The highest BCUT2D eigenvalue weighted by Gasteiger charge is 2.32. The number of alkyl halides is 3. The number of carboxylic acids is 1. The maximum atomic E-state index is 12.7. The molecule has 2 heterocycles. The van der Waals surface area contributed by atoms with Gasteiger partial charge in [0.2, 0.25) is 0 Å². The normalized spacial score (nSPS) is 11.4. The molecule has 4 aromatic rings. The molecule has 0 saturated carbocycles. The number of pyridine rings is 1. The molecular formula is C26H23F3N4O4. The smallest absolute Gasteiger partial charge is 0.478 e. The molecule has 4 rings (SSSR count). The minimum atomic E-state index is -4.97. The Morgan fingerprint density at radius 3 is 2.46 bits per heavy atom. The van der Waals surface area contributed by atoms with Crippen LogP contribution in [0, 0.1) is 6.92 Å². The molecule has 37 heavy (non-hydrogen) atoms. The number of hydrogen-bond donors (Lipinski definition) is 3. The van der Waals surface area contributed by atoms with E-state index in [1.54, 1.807) is 41.2 Å². The van der Waals surface area contributed by atoms with Gasteiger partial charge in [0.05, 0.1) is 23.6 Å². The first-order chi connectivity index (χ1) is 17.6. The molecule has 2 aromatic carbocycles. The number of aromatic carboxylic acids is 1. The van der Waals surface area contributed by atoms with Crippen molar-refractivity contribution in [3.63, 3.8) is 0 Å². The molecule has 0 bridgehead atoms. The van der Waals surface area contributed by atoms with Gasteiger partial charge in [0.1, 0.15) is 11.6 Å². The number of benzene rings is 2. The number of halogens is 3. The van der Waals surface area contributed by atoms with Crippen LogP contribution in [0.2, 0.25) is 0 Å². The van der Waals surface area contributed by atoms with Crippen LogP contribution < -0.4 is 10.1 Å². The van der Waals surface area contributed by atoms with Crippen molar-refractivity contribution >= 4 is 17.5 Å². The predicted octanol–water partition coefficient (Wildman–Crippen LogP) is 5.64. The van der Waals surface area contributed by atoms with Crippen molar-refractivity contribution in [2.75, 3.05) is 5.32 Å². The van der Waals surface area contributed by atoms with Crippen LogP contribution in [-0.4, -0.2) is 37.3 Å². The number of aliphatic hydroxyl groups is 1. The second-order valence-electron chi connectivity index (χ2n) is 8.12. The lowest BCUT2D eigenvalue weighted by Crippen LogP contribution is -2.17. The number of aliphatic hydroxyl groups excluding tert-OH is 1. The molecule has 0 unspecified atom stereocenters. The van der Waals surface area contributed by atoms with E-state index in [1.807, 2.05) is 19.9 Å². The van der Waals surface area contributed by atoms with Gasteiger partial charge in [-0.2, -0.15) is 9.78 Å². The zero-order valence-corrected chi connectivity index (χ0v) is 19.9. The van der Waals surface area contributed by atoms with Crippen molar-refractivity contribution in [3.8, 4) is 22.7 Å². The summed E-state index contributed by atoms with van der Waals surface area (Å²) in [6.07, 6.45) is -2.85. The molecule has 0 aliphatic heterocycles. The number of nitrogens with zero attached hydrogens (tertiary/aromatic N) is 3. The molecule has 0 amide bonds. The van der Waals surface area contributed by atoms with Crippen LogP contribution in [0.5, 0.6) is 5.75 Å². The molecule has 0 atom stereocenters. The van der Waals surface area contributed by atoms with Crippen LogP contribution in [0.15, 0.2) is 60.8 Å². The lowest BCUT2D eigenvalue weighted by molar-refractivity contribution is -0.274. The van der Waals surface area contributed by atoms with Crippen molar-refractivity contribution in [1.82, 2.24) is 14.8 Å². The molecule has 8 nitrogen and oxygen atoms in total. The second kappa shape index (κ2) is 10.3. The number of carboxylic acid groups (broad SMARTS) is 1. The largest absolute Gasteiger partial charge is 0.573 e. The number of hydrogen-bond acceptors (Lipinski definition) is 6. The fourth-order valence-electron chi connectivity index (χ4n) is 3.89. The molecule has 192 valence electrons. The van der Waals surface area contributed by atoms with E-state index in [9.17, 15) is 28.2 Å². The summed E-state index contributed by atoms with van der Waals surface area (Å²) in [6, 6.07) is 13.8. The Bertz CT molecular complexity index is 1430. The fraction of sp³-hybridized carbons (Fsp3) is 0.192. The minimum Gasteiger partial charge on any atom is -0.478 e. The third-order valence-corrected chi connectivity index (χ3v) is 5.61. The van der Waals surface area contributed by atoms with Gasteiger partial charge in [-0.3, -0.25) is 0 Å².